The molecular formula is C69H109IN20O18. The number of carbonyl (C=O) groups is 16. The Labute approximate surface area is 640 Å². The van der Waals surface area contributed by atoms with Crippen molar-refractivity contribution in [2.24, 2.45) is 62.9 Å². The first-order chi connectivity index (χ1) is 50.8. The molecule has 38 nitrogen and oxygen atoms in total. The maximum Gasteiger partial charge on any atom is 0.303 e. The second kappa shape index (κ2) is 48.8. The number of carbonyl (C=O) groups excluding carboxylic acids is 15. The van der Waals surface area contributed by atoms with E-state index in [1.165, 1.54) is 39.0 Å². The van der Waals surface area contributed by atoms with Crippen molar-refractivity contribution in [3.63, 3.8) is 0 Å². The van der Waals surface area contributed by atoms with Gasteiger partial charge in [0.15, 0.2) is 5.96 Å². The molecule has 0 unspecified atom stereocenters. The van der Waals surface area contributed by atoms with Gasteiger partial charge in [-0.3, -0.25) is 81.7 Å². The highest BCUT2D eigenvalue weighted by Crippen LogP contribution is 2.22. The van der Waals surface area contributed by atoms with E-state index in [0.29, 0.717) is 21.1 Å². The van der Waals surface area contributed by atoms with Gasteiger partial charge >= 0.3 is 5.97 Å². The molecule has 0 saturated heterocycles. The lowest BCUT2D eigenvalue weighted by Crippen LogP contribution is -2.61. The molecule has 0 aliphatic heterocycles. The van der Waals surface area contributed by atoms with E-state index in [9.17, 15) is 86.9 Å². The van der Waals surface area contributed by atoms with E-state index in [1.807, 2.05) is 22.6 Å². The number of rotatable bonds is 51. The lowest BCUT2D eigenvalue weighted by atomic mass is 9.96. The van der Waals surface area contributed by atoms with E-state index in [0.717, 1.165) is 0 Å². The molecule has 0 radical (unpaired) electrons. The second-order valence-corrected chi connectivity index (χ2v) is 27.8. The topological polar surface area (TPSA) is 652 Å². The maximum atomic E-state index is 14.4. The lowest BCUT2D eigenvalue weighted by Gasteiger charge is -2.29. The van der Waals surface area contributed by atoms with Gasteiger partial charge in [-0.05, 0) is 134 Å². The van der Waals surface area contributed by atoms with Crippen LogP contribution in [0.1, 0.15) is 143 Å². The number of aromatic hydroxyl groups is 1. The number of nitrogens with two attached hydrogens (primary N) is 7. The summed E-state index contributed by atoms with van der Waals surface area (Å²) >= 11 is 1.84. The molecule has 0 aliphatic rings. The van der Waals surface area contributed by atoms with E-state index < -0.39 is 205 Å². The molecule has 2 aromatic carbocycles. The van der Waals surface area contributed by atoms with E-state index >= 15 is 0 Å². The predicted octanol–water partition coefficient (Wildman–Crippen LogP) is -4.98. The molecule has 39 heteroatoms. The number of carboxylic acids is 1. The van der Waals surface area contributed by atoms with E-state index in [1.54, 1.807) is 58.0 Å². The highest BCUT2D eigenvalue weighted by molar-refractivity contribution is 14.1. The molecule has 28 N–H and O–H groups in total. The minimum absolute atomic E-state index is 0.0417. The average Bonchev–Trinajstić information content (AvgIpc) is 0.847. The first kappa shape index (κ1) is 93.8. The number of halogens is 1. The molecule has 600 valence electrons. The van der Waals surface area contributed by atoms with Gasteiger partial charge in [-0.1, -0.05) is 84.4 Å². The first-order valence-corrected chi connectivity index (χ1v) is 36.5. The molecule has 0 aliphatic carbocycles. The number of primary amides is 3. The average molecular weight is 1630 g/mol. The van der Waals surface area contributed by atoms with Crippen molar-refractivity contribution in [3.8, 4) is 5.75 Å². The Bertz CT molecular complexity index is 3460. The second-order valence-electron chi connectivity index (χ2n) is 26.6. The van der Waals surface area contributed by atoms with Gasteiger partial charge in [0.05, 0.1) is 16.5 Å². The Morgan fingerprint density at radius 1 is 0.463 bits per heavy atom. The molecule has 0 spiro atoms. The maximum absolute atomic E-state index is 14.4. The SMILES string of the molecule is CC[C@H](C)[C@H](NC(=O)[C@H](CCC(=O)O)NC(=O)[C@H](CCCCN)NC(=O)CNC(=O)[C@H](CC(N)=O)NC(=O)[C@@H](NC(=O)[C@H](CCCN)NC(=O)[C@@H](NC(=O)[C@H](Cc1ccccc1)NC(=O)[C@H](CCCN=C(N)N)NC(C)=O)C(C)C)C(C)C)C(=O)N[C@@H](Cc1ccc(O)c(I)c1)C(=O)N[C@@H](CCC(N)=O)C(N)=O. The highest BCUT2D eigenvalue weighted by Gasteiger charge is 2.38. The summed E-state index contributed by atoms with van der Waals surface area (Å²) in [4.78, 5) is 220. The van der Waals surface area contributed by atoms with Crippen molar-refractivity contribution in [2.75, 3.05) is 26.2 Å². The monoisotopic (exact) mass is 1630 g/mol. The van der Waals surface area contributed by atoms with Gasteiger partial charge in [0.1, 0.15) is 72.2 Å². The molecule has 108 heavy (non-hydrogen) atoms. The fraction of sp³-hybridized carbons (Fsp3) is 0.580. The Kier molecular flexibility index (Phi) is 42.4. The summed E-state index contributed by atoms with van der Waals surface area (Å²) in [7, 11) is 0. The molecule has 0 saturated carbocycles. The Balaban J connectivity index is 2.41. The number of nitrogens with zero attached hydrogens (tertiary/aromatic N) is 1. The van der Waals surface area contributed by atoms with Crippen LogP contribution in [-0.2, 0) is 89.6 Å². The Hall–Kier alpha value is -10.3. The van der Waals surface area contributed by atoms with Crippen LogP contribution < -0.4 is 104 Å². The largest absolute Gasteiger partial charge is 0.507 e. The lowest BCUT2D eigenvalue weighted by molar-refractivity contribution is -0.139. The molecule has 2 rings (SSSR count). The van der Waals surface area contributed by atoms with Crippen LogP contribution in [-0.4, -0.2) is 203 Å². The van der Waals surface area contributed by atoms with Gasteiger partial charge in [-0.25, -0.2) is 0 Å². The molecule has 0 bridgehead atoms. The summed E-state index contributed by atoms with van der Waals surface area (Å²) in [6, 6.07) is -3.16. The molecule has 0 fully saturated rings. The van der Waals surface area contributed by atoms with Gasteiger partial charge in [0, 0.05) is 39.2 Å². The van der Waals surface area contributed by atoms with Gasteiger partial charge < -0.3 is 114 Å². The highest BCUT2D eigenvalue weighted by atomic mass is 127. The third-order valence-corrected chi connectivity index (χ3v) is 17.8. The van der Waals surface area contributed by atoms with Gasteiger partial charge in [-0.2, -0.15) is 0 Å². The van der Waals surface area contributed by atoms with E-state index in [4.69, 9.17) is 40.1 Å². The van der Waals surface area contributed by atoms with Crippen LogP contribution in [0.25, 0.3) is 0 Å². The summed E-state index contributed by atoms with van der Waals surface area (Å²) in [6.45, 7) is 10.1. The fourth-order valence-electron chi connectivity index (χ4n) is 10.7. The van der Waals surface area contributed by atoms with Gasteiger partial charge in [0.25, 0.3) is 0 Å². The van der Waals surface area contributed by atoms with Crippen molar-refractivity contribution < 1.29 is 86.9 Å². The van der Waals surface area contributed by atoms with Crippen LogP contribution >= 0.6 is 22.6 Å². The first-order valence-electron chi connectivity index (χ1n) is 35.4. The van der Waals surface area contributed by atoms with Crippen LogP contribution in [0.2, 0.25) is 0 Å². The Morgan fingerprint density at radius 2 is 0.907 bits per heavy atom. The zero-order valence-electron chi connectivity index (χ0n) is 61.9. The Morgan fingerprint density at radius 3 is 1.42 bits per heavy atom. The van der Waals surface area contributed by atoms with Crippen molar-refractivity contribution in [2.45, 2.75) is 211 Å². The van der Waals surface area contributed by atoms with Crippen molar-refractivity contribution in [1.82, 2.24) is 63.8 Å². The van der Waals surface area contributed by atoms with Crippen molar-refractivity contribution in [1.29, 1.82) is 0 Å². The van der Waals surface area contributed by atoms with Crippen LogP contribution in [0, 0.1) is 21.3 Å². The van der Waals surface area contributed by atoms with Crippen LogP contribution in [0.3, 0.4) is 0 Å². The molecule has 15 amide bonds. The number of amides is 15. The van der Waals surface area contributed by atoms with Crippen molar-refractivity contribution in [3.05, 3.63) is 63.2 Å². The summed E-state index contributed by atoms with van der Waals surface area (Å²) in [6.07, 6.45) is -2.05. The molecule has 0 aromatic heterocycles. The summed E-state index contributed by atoms with van der Waals surface area (Å²) in [5, 5.41) is 50.2. The van der Waals surface area contributed by atoms with Crippen molar-refractivity contribution >= 4 is 123 Å². The third-order valence-electron chi connectivity index (χ3n) is 16.9. The number of guanidine groups is 1. The minimum Gasteiger partial charge on any atom is -0.507 e. The van der Waals surface area contributed by atoms with Gasteiger partial charge in [0.2, 0.25) is 88.6 Å². The summed E-state index contributed by atoms with van der Waals surface area (Å²) in [5.41, 5.74) is 39.8. The number of hydrogen-bond acceptors (Lipinski definition) is 20. The number of hydrogen-bond donors (Lipinski definition) is 21. The number of aliphatic imine (C=N–C) groups is 1. The summed E-state index contributed by atoms with van der Waals surface area (Å²) in [5.74, 6) is -17.7. The third kappa shape index (κ3) is 35.4. The fourth-order valence-corrected chi connectivity index (χ4v) is 11.3. The number of phenolic OH excluding ortho intramolecular Hbond substituents is 1. The molecule has 12 atom stereocenters. The molecule has 0 heterocycles. The zero-order chi connectivity index (χ0) is 81.5. The van der Waals surface area contributed by atoms with Crippen LogP contribution in [0.5, 0.6) is 5.75 Å². The predicted molar refractivity (Wildman–Crippen MR) is 403 cm³/mol. The number of aliphatic carboxylic acids is 1. The smallest absolute Gasteiger partial charge is 0.303 e. The molecular weight excluding hydrogens is 1520 g/mol. The quantitative estimate of drug-likeness (QED) is 0.0128. The normalized spacial score (nSPS) is 14.4. The van der Waals surface area contributed by atoms with Crippen LogP contribution in [0.15, 0.2) is 53.5 Å². The van der Waals surface area contributed by atoms with E-state index in [2.05, 4.69) is 68.8 Å². The summed E-state index contributed by atoms with van der Waals surface area (Å²) < 4.78 is 0.378. The number of unbranched alkanes of at least 4 members (excludes halogenated alkanes) is 1. The number of phenols is 1. The number of benzene rings is 2. The van der Waals surface area contributed by atoms with Gasteiger partial charge in [-0.15, -0.1) is 0 Å². The van der Waals surface area contributed by atoms with Crippen LogP contribution in [0.4, 0.5) is 0 Å². The van der Waals surface area contributed by atoms with E-state index in [-0.39, 0.29) is 102 Å². The molecule has 2 aromatic rings. The minimum atomic E-state index is -1.80. The number of carboxylic acid groups (broad SMARTS) is 1. The standard InChI is InChI=1S/C69H109IN20O18/c1-8-37(6)57(68(108)86-48(32-40-21-24-50(92)41(70)30-40)64(104)82-42(58(75)98)22-25-51(73)93)90-63(103)46(23-26-54(96)97)83-61(101)44(18-12-13-27-71)81-53(95)34-79-59(99)49(33-52(74)94)87-67(107)56(36(4)5)88-62(102)45(19-14-28-72)84-66(106)55(35(2)3)89-65(105)47(31-39-16-10-9-11-17-39)85-60(100)43(80-38(7)91)20-15-29-78-69(76)77/h9-11,16-17,21,24,30,35-37,42-49,55-57,92H,8,12-15,18-20,22-23,25-29,31-34,71-72H2,1-7H3,(H2,73,93)(H2,74,94)(H2,75,98)(H,79,99)(H,80,91)(H,81,95)(H,82,104)(H,83,101)(H,84,106)(H,85,100)(H,86,108)(H,87,107)(H,88,102)(H,89,105)(H,90,103)(H,96,97)(H4,76,77,78)/t37-,42-,43-,44-,45-,46-,47-,48-,49-,55-,56-,57-/m0/s1. The number of nitrogens with one attached hydrogen (secondary N) is 12. The zero-order valence-corrected chi connectivity index (χ0v) is 64.1.